The topological polar surface area (TPSA) is 26.3 Å². The van der Waals surface area contributed by atoms with Crippen LogP contribution in [0, 0.1) is 0 Å². The van der Waals surface area contributed by atoms with Crippen LogP contribution in [0.2, 0.25) is 0 Å². The molecule has 0 aromatic carbocycles. The van der Waals surface area contributed by atoms with E-state index in [4.69, 9.17) is 11.6 Å². The van der Waals surface area contributed by atoms with Crippen molar-refractivity contribution in [2.45, 2.75) is 17.3 Å². The summed E-state index contributed by atoms with van der Waals surface area (Å²) < 4.78 is 37.6. The molecule has 0 rings (SSSR count). The minimum atomic E-state index is -4.43. The highest BCUT2D eigenvalue weighted by molar-refractivity contribution is 8.01. The molecule has 0 unspecified atom stereocenters. The first-order valence-electron chi connectivity index (χ1n) is 3.27. The Balaban J connectivity index is 3.60. The van der Waals surface area contributed by atoms with Crippen molar-refractivity contribution in [3.8, 4) is 0 Å². The van der Waals surface area contributed by atoms with Crippen LogP contribution in [-0.2, 0) is 9.53 Å². The minimum absolute atomic E-state index is 0.000347. The Morgan fingerprint density at radius 1 is 1.62 bits per heavy atom. The summed E-state index contributed by atoms with van der Waals surface area (Å²) in [4.78, 5) is 10.5. The molecule has 0 bridgehead atoms. The second-order valence-corrected chi connectivity index (χ2v) is 3.96. The molecular weight excluding hydrogens is 229 g/mol. The van der Waals surface area contributed by atoms with Crippen LogP contribution in [0.5, 0.6) is 0 Å². The predicted octanol–water partition coefficient (Wildman–Crippen LogP) is 2.41. The lowest BCUT2D eigenvalue weighted by Gasteiger charge is -2.11. The number of alkyl halides is 4. The Hall–Kier alpha value is -0.100. The predicted molar refractivity (Wildman–Crippen MR) is 44.8 cm³/mol. The van der Waals surface area contributed by atoms with Gasteiger partial charge in [0.1, 0.15) is 0 Å². The molecule has 0 saturated heterocycles. The number of methoxy groups -OCH3 is 1. The summed E-state index contributed by atoms with van der Waals surface area (Å²) in [6, 6.07) is 0. The van der Waals surface area contributed by atoms with Crippen LogP contribution in [0.1, 0.15) is 6.42 Å². The molecule has 0 aliphatic carbocycles. The van der Waals surface area contributed by atoms with Crippen LogP contribution >= 0.6 is 23.4 Å². The van der Waals surface area contributed by atoms with Gasteiger partial charge in [-0.05, 0) is 0 Å². The van der Waals surface area contributed by atoms with Crippen molar-refractivity contribution < 1.29 is 22.7 Å². The maximum Gasteiger partial charge on any atom is 0.413 e. The second-order valence-electron chi connectivity index (χ2n) is 2.05. The van der Waals surface area contributed by atoms with Crippen molar-refractivity contribution in [3.63, 3.8) is 0 Å². The zero-order valence-electron chi connectivity index (χ0n) is 6.73. The number of esters is 1. The summed E-state index contributed by atoms with van der Waals surface area (Å²) in [7, 11) is 1.18. The Morgan fingerprint density at radius 2 is 2.15 bits per heavy atom. The van der Waals surface area contributed by atoms with Crippen LogP contribution in [-0.4, -0.2) is 29.7 Å². The van der Waals surface area contributed by atoms with Gasteiger partial charge in [0.05, 0.1) is 13.5 Å². The molecule has 0 heterocycles. The fourth-order valence-corrected chi connectivity index (χ4v) is 1.39. The molecular formula is C6H8ClF3O2S. The lowest BCUT2D eigenvalue weighted by atomic mass is 10.5. The highest BCUT2D eigenvalue weighted by Crippen LogP contribution is 2.33. The molecule has 0 aliphatic heterocycles. The van der Waals surface area contributed by atoms with Crippen LogP contribution in [0.4, 0.5) is 13.2 Å². The molecule has 13 heavy (non-hydrogen) atoms. The Morgan fingerprint density at radius 3 is 2.54 bits per heavy atom. The van der Waals surface area contributed by atoms with E-state index in [0.29, 0.717) is 11.8 Å². The van der Waals surface area contributed by atoms with E-state index in [9.17, 15) is 18.0 Å². The number of carbonyl (C=O) groups is 1. The van der Waals surface area contributed by atoms with Crippen molar-refractivity contribution >= 4 is 29.3 Å². The van der Waals surface area contributed by atoms with E-state index in [-0.39, 0.29) is 12.2 Å². The first kappa shape index (κ1) is 12.9. The highest BCUT2D eigenvalue weighted by Gasteiger charge is 2.38. The third-order valence-corrected chi connectivity index (χ3v) is 2.68. The monoisotopic (exact) mass is 236 g/mol. The second kappa shape index (κ2) is 5.59. The summed E-state index contributed by atoms with van der Waals surface area (Å²) in [5.74, 6) is -0.543. The van der Waals surface area contributed by atoms with Gasteiger partial charge in [0.15, 0.2) is 4.71 Å². The van der Waals surface area contributed by atoms with Gasteiger partial charge in [-0.2, -0.15) is 13.2 Å². The Bertz CT molecular complexity index is 174. The summed E-state index contributed by atoms with van der Waals surface area (Å²) >= 11 is 5.44. The number of hydrogen-bond donors (Lipinski definition) is 0. The average molecular weight is 237 g/mol. The molecule has 7 heteroatoms. The van der Waals surface area contributed by atoms with Crippen LogP contribution in [0.3, 0.4) is 0 Å². The van der Waals surface area contributed by atoms with Gasteiger partial charge in [-0.25, -0.2) is 0 Å². The minimum Gasteiger partial charge on any atom is -0.469 e. The van der Waals surface area contributed by atoms with Gasteiger partial charge in [-0.3, -0.25) is 4.79 Å². The zero-order valence-corrected chi connectivity index (χ0v) is 8.30. The van der Waals surface area contributed by atoms with Gasteiger partial charge in [-0.15, -0.1) is 23.4 Å². The first-order valence-corrected chi connectivity index (χ1v) is 4.75. The van der Waals surface area contributed by atoms with E-state index in [1.54, 1.807) is 0 Å². The van der Waals surface area contributed by atoms with Gasteiger partial charge >= 0.3 is 12.1 Å². The van der Waals surface area contributed by atoms with E-state index in [1.165, 1.54) is 7.11 Å². The van der Waals surface area contributed by atoms with Gasteiger partial charge in [-0.1, -0.05) is 0 Å². The molecule has 0 saturated carbocycles. The van der Waals surface area contributed by atoms with Crippen LogP contribution in [0.15, 0.2) is 0 Å². The molecule has 0 radical (unpaired) electrons. The molecule has 78 valence electrons. The molecule has 0 amide bonds. The van der Waals surface area contributed by atoms with Crippen LogP contribution in [0.25, 0.3) is 0 Å². The molecule has 0 N–H and O–H groups in total. The number of halogens is 4. The van der Waals surface area contributed by atoms with Crippen molar-refractivity contribution in [2.75, 3.05) is 12.9 Å². The number of thioether (sulfide) groups is 1. The Labute approximate surface area is 82.8 Å². The lowest BCUT2D eigenvalue weighted by Crippen LogP contribution is -2.20. The quantitative estimate of drug-likeness (QED) is 0.554. The van der Waals surface area contributed by atoms with Crippen molar-refractivity contribution in [2.24, 2.45) is 0 Å². The van der Waals surface area contributed by atoms with Gasteiger partial charge in [0, 0.05) is 5.75 Å². The molecule has 2 nitrogen and oxygen atoms in total. The molecule has 0 aromatic heterocycles. The SMILES string of the molecule is COC(=O)CCS[C@H](Cl)C(F)(F)F. The average Bonchev–Trinajstić information content (AvgIpc) is 2.02. The van der Waals surface area contributed by atoms with Crippen molar-refractivity contribution in [1.82, 2.24) is 0 Å². The summed E-state index contributed by atoms with van der Waals surface area (Å²) in [5, 5.41) is 0. The van der Waals surface area contributed by atoms with Gasteiger partial charge < -0.3 is 4.74 Å². The molecule has 0 spiro atoms. The summed E-state index contributed by atoms with van der Waals surface area (Å²) in [6.45, 7) is 0. The third-order valence-electron chi connectivity index (χ3n) is 1.06. The smallest absolute Gasteiger partial charge is 0.413 e. The van der Waals surface area contributed by atoms with E-state index < -0.39 is 16.9 Å². The number of rotatable bonds is 4. The summed E-state index contributed by atoms with van der Waals surface area (Å²) in [5.41, 5.74) is 0. The molecule has 0 aromatic rings. The number of carbonyl (C=O) groups excluding carboxylic acids is 1. The maximum atomic E-state index is 11.8. The lowest BCUT2D eigenvalue weighted by molar-refractivity contribution is -0.140. The molecule has 1 atom stereocenters. The maximum absolute atomic E-state index is 11.8. The first-order chi connectivity index (χ1) is 5.88. The van der Waals surface area contributed by atoms with E-state index in [1.807, 2.05) is 0 Å². The Kier molecular flexibility index (Phi) is 5.55. The fourth-order valence-electron chi connectivity index (χ4n) is 0.442. The van der Waals surface area contributed by atoms with Crippen LogP contribution < -0.4 is 0 Å². The highest BCUT2D eigenvalue weighted by atomic mass is 35.5. The van der Waals surface area contributed by atoms with Gasteiger partial charge in [0.2, 0.25) is 0 Å². The van der Waals surface area contributed by atoms with Gasteiger partial charge in [0.25, 0.3) is 0 Å². The fraction of sp³-hybridized carbons (Fsp3) is 0.833. The molecule has 0 aliphatic rings. The standard InChI is InChI=1S/C6H8ClF3O2S/c1-12-4(11)2-3-13-5(7)6(8,9)10/h5H,2-3H2,1H3/t5-/m0/s1. The van der Waals surface area contributed by atoms with E-state index in [2.05, 4.69) is 4.74 Å². The van der Waals surface area contributed by atoms with E-state index in [0.717, 1.165) is 0 Å². The largest absolute Gasteiger partial charge is 0.469 e. The summed E-state index contributed by atoms with van der Waals surface area (Å²) in [6.07, 6.45) is -4.50. The zero-order chi connectivity index (χ0) is 10.5. The third kappa shape index (κ3) is 6.04. The number of hydrogen-bond acceptors (Lipinski definition) is 3. The number of ether oxygens (including phenoxy) is 1. The molecule has 0 fully saturated rings. The van der Waals surface area contributed by atoms with E-state index >= 15 is 0 Å². The normalized spacial score (nSPS) is 13.9. The van der Waals surface area contributed by atoms with Crippen molar-refractivity contribution in [3.05, 3.63) is 0 Å². The van der Waals surface area contributed by atoms with Crippen molar-refractivity contribution in [1.29, 1.82) is 0 Å².